The lowest BCUT2D eigenvalue weighted by Gasteiger charge is -2.44. The summed E-state index contributed by atoms with van der Waals surface area (Å²) in [6.45, 7) is 4.53. The van der Waals surface area contributed by atoms with E-state index in [2.05, 4.69) is 43.3 Å². The number of fused-ring (bicyclic) bond motifs is 5. The highest BCUT2D eigenvalue weighted by Crippen LogP contribution is 2.49. The van der Waals surface area contributed by atoms with E-state index in [4.69, 9.17) is 9.73 Å². The highest BCUT2D eigenvalue weighted by atomic mass is 16.5. The molecule has 3 heteroatoms. The van der Waals surface area contributed by atoms with Crippen LogP contribution in [0.3, 0.4) is 0 Å². The zero-order valence-electron chi connectivity index (χ0n) is 15.0. The van der Waals surface area contributed by atoms with E-state index in [0.717, 1.165) is 17.7 Å². The van der Waals surface area contributed by atoms with E-state index in [1.54, 1.807) is 0 Å². The molecule has 2 aliphatic rings. The highest BCUT2D eigenvalue weighted by Gasteiger charge is 2.43. The van der Waals surface area contributed by atoms with Crippen LogP contribution in [0.4, 0.5) is 0 Å². The molecule has 0 bridgehead atoms. The van der Waals surface area contributed by atoms with Crippen LogP contribution < -0.4 is 0 Å². The third-order valence-electron chi connectivity index (χ3n) is 5.81. The Morgan fingerprint density at radius 2 is 2.08 bits per heavy atom. The zero-order valence-corrected chi connectivity index (χ0v) is 15.0. The normalized spacial score (nSPS) is 25.0. The Balaban J connectivity index is 1.89. The van der Waals surface area contributed by atoms with Gasteiger partial charge < -0.3 is 4.74 Å². The largest absolute Gasteiger partial charge is 0.466 e. The van der Waals surface area contributed by atoms with Gasteiger partial charge >= 0.3 is 5.97 Å². The van der Waals surface area contributed by atoms with E-state index in [9.17, 15) is 4.79 Å². The van der Waals surface area contributed by atoms with Crippen LogP contribution in [0.15, 0.2) is 41.4 Å². The van der Waals surface area contributed by atoms with Gasteiger partial charge in [-0.15, -0.1) is 0 Å². The third-order valence-corrected chi connectivity index (χ3v) is 5.81. The van der Waals surface area contributed by atoms with E-state index in [-0.39, 0.29) is 17.9 Å². The first-order chi connectivity index (χ1) is 12.1. The van der Waals surface area contributed by atoms with Crippen molar-refractivity contribution in [2.75, 3.05) is 6.61 Å². The van der Waals surface area contributed by atoms with Gasteiger partial charge in [0.05, 0.1) is 24.3 Å². The minimum absolute atomic E-state index is 0.1000. The van der Waals surface area contributed by atoms with Crippen molar-refractivity contribution in [3.8, 4) is 0 Å². The van der Waals surface area contributed by atoms with Crippen LogP contribution in [0.5, 0.6) is 0 Å². The quantitative estimate of drug-likeness (QED) is 0.739. The van der Waals surface area contributed by atoms with Crippen molar-refractivity contribution in [2.45, 2.75) is 57.4 Å². The SMILES string of the molecule is CCOC(=O)CC1=N[C@@]2(C)CCCC[C@@H]2c2c1ccc1ccccc21. The fourth-order valence-corrected chi connectivity index (χ4v) is 4.68. The minimum atomic E-state index is -0.182. The molecule has 2 aromatic rings. The smallest absolute Gasteiger partial charge is 0.311 e. The maximum Gasteiger partial charge on any atom is 0.311 e. The molecule has 4 rings (SSSR count). The lowest BCUT2D eigenvalue weighted by Crippen LogP contribution is -2.40. The number of aliphatic imine (C=N–C) groups is 1. The molecule has 1 aliphatic carbocycles. The number of hydrogen-bond acceptors (Lipinski definition) is 3. The van der Waals surface area contributed by atoms with Crippen molar-refractivity contribution in [2.24, 2.45) is 4.99 Å². The second-order valence-electron chi connectivity index (χ2n) is 7.44. The van der Waals surface area contributed by atoms with E-state index in [1.807, 2.05) is 6.92 Å². The molecular weight excluding hydrogens is 310 g/mol. The molecular formula is C22H25NO2. The van der Waals surface area contributed by atoms with Crippen molar-refractivity contribution in [3.63, 3.8) is 0 Å². The van der Waals surface area contributed by atoms with Crippen molar-refractivity contribution >= 4 is 22.5 Å². The monoisotopic (exact) mass is 335 g/mol. The summed E-state index contributed by atoms with van der Waals surface area (Å²) in [4.78, 5) is 17.3. The Morgan fingerprint density at radius 1 is 1.24 bits per heavy atom. The lowest BCUT2D eigenvalue weighted by atomic mass is 9.66. The summed E-state index contributed by atoms with van der Waals surface area (Å²) in [5.41, 5.74) is 3.35. The molecule has 130 valence electrons. The molecule has 0 aromatic heterocycles. The minimum Gasteiger partial charge on any atom is -0.466 e. The first kappa shape index (κ1) is 16.3. The van der Waals surface area contributed by atoms with Crippen LogP contribution in [-0.4, -0.2) is 23.8 Å². The molecule has 0 radical (unpaired) electrons. The summed E-state index contributed by atoms with van der Waals surface area (Å²) in [6.07, 6.45) is 5.00. The molecule has 2 aromatic carbocycles. The molecule has 2 atom stereocenters. The summed E-state index contributed by atoms with van der Waals surface area (Å²) in [5, 5.41) is 2.58. The summed E-state index contributed by atoms with van der Waals surface area (Å²) in [7, 11) is 0. The number of ether oxygens (including phenoxy) is 1. The molecule has 1 heterocycles. The standard InChI is InChI=1S/C22H25NO2/c1-3-25-20(24)14-19-17-12-11-15-8-4-5-9-16(15)21(17)18-10-6-7-13-22(18,2)23-19/h4-5,8-9,11-12,18H,3,6-7,10,13-14H2,1-2H3/t18-,22+/m1/s1. The second kappa shape index (κ2) is 6.29. The molecule has 1 aliphatic heterocycles. The average molecular weight is 335 g/mol. The van der Waals surface area contributed by atoms with Gasteiger partial charge in [-0.1, -0.05) is 49.2 Å². The van der Waals surface area contributed by atoms with Gasteiger partial charge in [0.25, 0.3) is 0 Å². The van der Waals surface area contributed by atoms with Gasteiger partial charge in [-0.2, -0.15) is 0 Å². The maximum absolute atomic E-state index is 12.1. The van der Waals surface area contributed by atoms with Crippen LogP contribution in [0.2, 0.25) is 0 Å². The third kappa shape index (κ3) is 2.76. The summed E-state index contributed by atoms with van der Waals surface area (Å²) in [6, 6.07) is 12.9. The maximum atomic E-state index is 12.1. The lowest BCUT2D eigenvalue weighted by molar-refractivity contribution is -0.141. The van der Waals surface area contributed by atoms with Gasteiger partial charge in [0.2, 0.25) is 0 Å². The molecule has 0 N–H and O–H groups in total. The molecule has 25 heavy (non-hydrogen) atoms. The van der Waals surface area contributed by atoms with Crippen molar-refractivity contribution in [1.29, 1.82) is 0 Å². The summed E-state index contributed by atoms with van der Waals surface area (Å²) >= 11 is 0. The Bertz CT molecular complexity index is 854. The zero-order chi connectivity index (χ0) is 17.4. The van der Waals surface area contributed by atoms with Crippen LogP contribution >= 0.6 is 0 Å². The fourth-order valence-electron chi connectivity index (χ4n) is 4.68. The molecule has 1 saturated carbocycles. The van der Waals surface area contributed by atoms with Crippen molar-refractivity contribution < 1.29 is 9.53 Å². The summed E-state index contributed by atoms with van der Waals surface area (Å²) in [5.74, 6) is 0.256. The van der Waals surface area contributed by atoms with E-state index in [0.29, 0.717) is 12.5 Å². The molecule has 1 fully saturated rings. The Hall–Kier alpha value is -2.16. The van der Waals surface area contributed by atoms with Crippen molar-refractivity contribution in [3.05, 3.63) is 47.5 Å². The van der Waals surface area contributed by atoms with E-state index < -0.39 is 0 Å². The average Bonchev–Trinajstić information content (AvgIpc) is 2.61. The van der Waals surface area contributed by atoms with Gasteiger partial charge in [0.15, 0.2) is 0 Å². The number of hydrogen-bond donors (Lipinski definition) is 0. The topological polar surface area (TPSA) is 38.7 Å². The Labute approximate surface area is 149 Å². The van der Waals surface area contributed by atoms with Gasteiger partial charge in [0.1, 0.15) is 0 Å². The second-order valence-corrected chi connectivity index (χ2v) is 7.44. The number of carbonyl (C=O) groups is 1. The van der Waals surface area contributed by atoms with Crippen LogP contribution in [0.1, 0.15) is 63.0 Å². The number of benzene rings is 2. The van der Waals surface area contributed by atoms with Crippen LogP contribution in [0.25, 0.3) is 10.8 Å². The predicted molar refractivity (Wildman–Crippen MR) is 101 cm³/mol. The Morgan fingerprint density at radius 3 is 2.92 bits per heavy atom. The fraction of sp³-hybridized carbons (Fsp3) is 0.455. The van der Waals surface area contributed by atoms with Gasteiger partial charge in [-0.05, 0) is 43.0 Å². The molecule has 0 saturated heterocycles. The van der Waals surface area contributed by atoms with Gasteiger partial charge in [0, 0.05) is 11.5 Å². The number of esters is 1. The highest BCUT2D eigenvalue weighted by molar-refractivity contribution is 6.13. The number of carbonyl (C=O) groups excluding carboxylic acids is 1. The van der Waals surface area contributed by atoms with E-state index in [1.165, 1.54) is 35.6 Å². The van der Waals surface area contributed by atoms with E-state index >= 15 is 0 Å². The summed E-state index contributed by atoms with van der Waals surface area (Å²) < 4.78 is 5.20. The molecule has 3 nitrogen and oxygen atoms in total. The molecule has 0 amide bonds. The molecule has 0 unspecified atom stereocenters. The first-order valence-electron chi connectivity index (χ1n) is 9.39. The van der Waals surface area contributed by atoms with Crippen LogP contribution in [0, 0.1) is 0 Å². The Kier molecular flexibility index (Phi) is 4.10. The number of rotatable bonds is 3. The van der Waals surface area contributed by atoms with Gasteiger partial charge in [-0.25, -0.2) is 0 Å². The predicted octanol–water partition coefficient (Wildman–Crippen LogP) is 5.01. The van der Waals surface area contributed by atoms with Crippen molar-refractivity contribution in [1.82, 2.24) is 0 Å². The molecule has 0 spiro atoms. The number of nitrogens with zero attached hydrogens (tertiary/aromatic N) is 1. The van der Waals surface area contributed by atoms with Crippen LogP contribution in [-0.2, 0) is 9.53 Å². The first-order valence-corrected chi connectivity index (χ1v) is 9.39. The van der Waals surface area contributed by atoms with Gasteiger partial charge in [-0.3, -0.25) is 9.79 Å².